The third kappa shape index (κ3) is 3.20. The number of nitrogens with zero attached hydrogens (tertiary/aromatic N) is 2. The minimum Gasteiger partial charge on any atom is -0.477 e. The lowest BCUT2D eigenvalue weighted by molar-refractivity contribution is -0.142. The SMILES string of the molecule is COC(=O)c1cc(C(=O)O)n(CC(F)(F)F)n1. The molecule has 0 aliphatic rings. The quantitative estimate of drug-likeness (QED) is 0.809. The highest BCUT2D eigenvalue weighted by Gasteiger charge is 2.31. The molecule has 1 aromatic rings. The van der Waals surface area contributed by atoms with Crippen LogP contribution in [0.2, 0.25) is 0 Å². The van der Waals surface area contributed by atoms with Crippen molar-refractivity contribution in [2.75, 3.05) is 7.11 Å². The molecule has 1 aromatic heterocycles. The number of hydrogen-bond acceptors (Lipinski definition) is 4. The fourth-order valence-corrected chi connectivity index (χ4v) is 1.08. The Bertz CT molecular complexity index is 452. The number of halogens is 3. The van der Waals surface area contributed by atoms with Gasteiger partial charge in [-0.05, 0) is 0 Å². The lowest BCUT2D eigenvalue weighted by atomic mass is 10.3. The van der Waals surface area contributed by atoms with Crippen LogP contribution in [0.1, 0.15) is 21.0 Å². The van der Waals surface area contributed by atoms with Crippen molar-refractivity contribution in [1.82, 2.24) is 9.78 Å². The van der Waals surface area contributed by atoms with Crippen molar-refractivity contribution in [3.8, 4) is 0 Å². The molecule has 0 saturated carbocycles. The molecule has 0 atom stereocenters. The Morgan fingerprint density at radius 2 is 2.12 bits per heavy atom. The lowest BCUT2D eigenvalue weighted by Crippen LogP contribution is -2.22. The van der Waals surface area contributed by atoms with Crippen molar-refractivity contribution in [2.45, 2.75) is 12.7 Å². The number of ether oxygens (including phenoxy) is 1. The molecule has 0 aliphatic heterocycles. The molecule has 6 nitrogen and oxygen atoms in total. The molecule has 1 rings (SSSR count). The summed E-state index contributed by atoms with van der Waals surface area (Å²) in [7, 11) is 1.01. The molecule has 0 saturated heterocycles. The molecule has 0 unspecified atom stereocenters. The van der Waals surface area contributed by atoms with Gasteiger partial charge in [0, 0.05) is 6.07 Å². The Morgan fingerprint density at radius 1 is 1.53 bits per heavy atom. The number of methoxy groups -OCH3 is 1. The number of carbonyl (C=O) groups excluding carboxylic acids is 1. The number of rotatable bonds is 3. The van der Waals surface area contributed by atoms with Crippen LogP contribution in [-0.2, 0) is 11.3 Å². The summed E-state index contributed by atoms with van der Waals surface area (Å²) in [6.45, 7) is -1.59. The molecule has 0 fully saturated rings. The molecule has 0 aliphatic carbocycles. The van der Waals surface area contributed by atoms with Crippen molar-refractivity contribution in [2.24, 2.45) is 0 Å². The molecule has 0 bridgehead atoms. The van der Waals surface area contributed by atoms with E-state index in [2.05, 4.69) is 9.84 Å². The number of carboxylic acids is 1. The minimum absolute atomic E-state index is 0.189. The Kier molecular flexibility index (Phi) is 3.39. The number of carboxylic acid groups (broad SMARTS) is 1. The van der Waals surface area contributed by atoms with Gasteiger partial charge >= 0.3 is 18.1 Å². The summed E-state index contributed by atoms with van der Waals surface area (Å²) in [5.41, 5.74) is -1.23. The zero-order valence-corrected chi connectivity index (χ0v) is 8.48. The standard InChI is InChI=1S/C8H7F3N2O4/c1-17-7(16)4-2-5(6(14)15)13(12-4)3-8(9,10)11/h2H,3H2,1H3,(H,14,15). The summed E-state index contributed by atoms with van der Waals surface area (Å²) in [5, 5.41) is 11.9. The average molecular weight is 252 g/mol. The summed E-state index contributed by atoms with van der Waals surface area (Å²) < 4.78 is 40.7. The number of aromatic nitrogens is 2. The maximum Gasteiger partial charge on any atom is 0.408 e. The number of alkyl halides is 3. The van der Waals surface area contributed by atoms with Gasteiger partial charge in [0.15, 0.2) is 5.69 Å². The number of hydrogen-bond donors (Lipinski definition) is 1. The van der Waals surface area contributed by atoms with E-state index in [4.69, 9.17) is 5.11 Å². The fraction of sp³-hybridized carbons (Fsp3) is 0.375. The Hall–Kier alpha value is -2.06. The van der Waals surface area contributed by atoms with Crippen LogP contribution in [0.15, 0.2) is 6.07 Å². The molecule has 0 radical (unpaired) electrons. The second-order valence-electron chi connectivity index (χ2n) is 2.98. The van der Waals surface area contributed by atoms with Gasteiger partial charge in [0.05, 0.1) is 7.11 Å². The zero-order valence-electron chi connectivity index (χ0n) is 8.48. The van der Waals surface area contributed by atoms with Crippen LogP contribution in [-0.4, -0.2) is 40.1 Å². The molecule has 0 amide bonds. The predicted octanol–water partition coefficient (Wildman–Crippen LogP) is 0.930. The van der Waals surface area contributed by atoms with E-state index < -0.39 is 36.0 Å². The third-order valence-corrected chi connectivity index (χ3v) is 1.72. The minimum atomic E-state index is -4.64. The monoisotopic (exact) mass is 252 g/mol. The van der Waals surface area contributed by atoms with Crippen molar-refractivity contribution in [3.63, 3.8) is 0 Å². The maximum absolute atomic E-state index is 12.1. The van der Waals surface area contributed by atoms with E-state index in [1.54, 1.807) is 0 Å². The zero-order chi connectivity index (χ0) is 13.2. The van der Waals surface area contributed by atoms with Crippen molar-refractivity contribution in [1.29, 1.82) is 0 Å². The highest BCUT2D eigenvalue weighted by molar-refractivity contribution is 5.92. The molecular weight excluding hydrogens is 245 g/mol. The average Bonchev–Trinajstić information content (AvgIpc) is 2.57. The largest absolute Gasteiger partial charge is 0.477 e. The molecule has 94 valence electrons. The van der Waals surface area contributed by atoms with E-state index in [0.717, 1.165) is 13.2 Å². The molecule has 1 N–H and O–H groups in total. The van der Waals surface area contributed by atoms with Crippen molar-refractivity contribution in [3.05, 3.63) is 17.5 Å². The number of carbonyl (C=O) groups is 2. The number of aromatic carboxylic acids is 1. The van der Waals surface area contributed by atoms with Gasteiger partial charge in [0.25, 0.3) is 0 Å². The highest BCUT2D eigenvalue weighted by Crippen LogP contribution is 2.19. The van der Waals surface area contributed by atoms with E-state index in [0.29, 0.717) is 0 Å². The van der Waals surface area contributed by atoms with Gasteiger partial charge in [-0.1, -0.05) is 0 Å². The first-order valence-corrected chi connectivity index (χ1v) is 4.21. The molecule has 0 aromatic carbocycles. The van der Waals surface area contributed by atoms with Crippen LogP contribution in [0.25, 0.3) is 0 Å². The van der Waals surface area contributed by atoms with Gasteiger partial charge in [-0.15, -0.1) is 0 Å². The molecule has 1 heterocycles. The van der Waals surface area contributed by atoms with Crippen LogP contribution in [0, 0.1) is 0 Å². The predicted molar refractivity (Wildman–Crippen MR) is 46.6 cm³/mol. The van der Waals surface area contributed by atoms with E-state index >= 15 is 0 Å². The van der Waals surface area contributed by atoms with E-state index in [-0.39, 0.29) is 4.68 Å². The highest BCUT2D eigenvalue weighted by atomic mass is 19.4. The molecule has 9 heteroatoms. The first-order valence-electron chi connectivity index (χ1n) is 4.21. The lowest BCUT2D eigenvalue weighted by Gasteiger charge is -2.07. The van der Waals surface area contributed by atoms with Crippen molar-refractivity contribution >= 4 is 11.9 Å². The third-order valence-electron chi connectivity index (χ3n) is 1.72. The molecule has 0 spiro atoms. The summed E-state index contributed by atoms with van der Waals surface area (Å²) in [4.78, 5) is 21.6. The second-order valence-corrected chi connectivity index (χ2v) is 2.98. The number of esters is 1. The van der Waals surface area contributed by atoms with E-state index in [9.17, 15) is 22.8 Å². The van der Waals surface area contributed by atoms with Gasteiger partial charge in [0.1, 0.15) is 12.2 Å². The first-order chi connectivity index (χ1) is 7.74. The van der Waals surface area contributed by atoms with Gasteiger partial charge in [-0.3, -0.25) is 0 Å². The Labute approximate surface area is 92.6 Å². The molecule has 17 heavy (non-hydrogen) atoms. The van der Waals surface area contributed by atoms with Crippen LogP contribution in [0.5, 0.6) is 0 Å². The summed E-state index contributed by atoms with van der Waals surface area (Å²) >= 11 is 0. The Morgan fingerprint density at radius 3 is 2.53 bits per heavy atom. The summed E-state index contributed by atoms with van der Waals surface area (Å²) in [5.74, 6) is -2.62. The summed E-state index contributed by atoms with van der Waals surface area (Å²) in [6.07, 6.45) is -4.64. The van der Waals surface area contributed by atoms with Gasteiger partial charge in [-0.25, -0.2) is 14.3 Å². The van der Waals surface area contributed by atoms with E-state index in [1.807, 2.05) is 0 Å². The van der Waals surface area contributed by atoms with Crippen LogP contribution in [0.4, 0.5) is 13.2 Å². The van der Waals surface area contributed by atoms with Gasteiger partial charge < -0.3 is 9.84 Å². The van der Waals surface area contributed by atoms with Crippen LogP contribution < -0.4 is 0 Å². The second kappa shape index (κ2) is 4.44. The first kappa shape index (κ1) is 13.0. The topological polar surface area (TPSA) is 81.4 Å². The van der Waals surface area contributed by atoms with Crippen LogP contribution >= 0.6 is 0 Å². The normalized spacial score (nSPS) is 11.3. The van der Waals surface area contributed by atoms with Gasteiger partial charge in [-0.2, -0.15) is 18.3 Å². The smallest absolute Gasteiger partial charge is 0.408 e. The Balaban J connectivity index is 3.14. The fourth-order valence-electron chi connectivity index (χ4n) is 1.08. The van der Waals surface area contributed by atoms with Crippen LogP contribution in [0.3, 0.4) is 0 Å². The molecular formula is C8H7F3N2O4. The van der Waals surface area contributed by atoms with Crippen molar-refractivity contribution < 1.29 is 32.6 Å². The van der Waals surface area contributed by atoms with E-state index in [1.165, 1.54) is 0 Å². The maximum atomic E-state index is 12.1. The van der Waals surface area contributed by atoms with Gasteiger partial charge in [0.2, 0.25) is 0 Å². The summed E-state index contributed by atoms with van der Waals surface area (Å²) in [6, 6.07) is 0.722.